The Morgan fingerprint density at radius 1 is 0.733 bits per heavy atom. The molecule has 0 spiro atoms. The Morgan fingerprint density at radius 3 is 1.77 bits per heavy atom. The topological polar surface area (TPSA) is 0 Å². The van der Waals surface area contributed by atoms with E-state index in [9.17, 15) is 0 Å². The number of hydrogen-bond acceptors (Lipinski definition) is 0. The zero-order valence-electron chi connectivity index (χ0n) is 20.8. The smallest absolute Gasteiger partial charge is 0.0656 e. The third-order valence-electron chi connectivity index (χ3n) is 7.56. The zero-order chi connectivity index (χ0) is 22.4. The zero-order valence-corrected chi connectivity index (χ0v) is 22.8. The van der Waals surface area contributed by atoms with Crippen LogP contribution in [0.2, 0.25) is 25.2 Å². The minimum absolute atomic E-state index is 0.523. The van der Waals surface area contributed by atoms with Crippen LogP contribution in [-0.2, 0) is 0 Å². The molecule has 2 heteroatoms. The minimum Gasteiger partial charge on any atom is -0.0656 e. The van der Waals surface area contributed by atoms with Gasteiger partial charge in [0.05, 0.1) is 8.07 Å². The summed E-state index contributed by atoms with van der Waals surface area (Å²) in [6, 6.07) is 19.1. The molecule has 0 saturated carbocycles. The number of allylic oxidation sites excluding steroid dienone is 4. The van der Waals surface area contributed by atoms with Crippen molar-refractivity contribution in [2.24, 2.45) is 5.92 Å². The summed E-state index contributed by atoms with van der Waals surface area (Å²) in [5.74, 6) is 0.523. The largest absolute Gasteiger partial charge is 0.147 e. The molecule has 0 heterocycles. The van der Waals surface area contributed by atoms with Crippen LogP contribution < -0.4 is 15.6 Å². The number of aryl methyl sites for hydroxylation is 1. The quantitative estimate of drug-likeness (QED) is 0.483. The fraction of sp³-hybridized carbons (Fsp3) is 0.429. The number of benzene rings is 2. The van der Waals surface area contributed by atoms with Crippen molar-refractivity contribution in [1.29, 1.82) is 0 Å². The summed E-state index contributed by atoms with van der Waals surface area (Å²) in [5.41, 5.74) is 6.64. The van der Waals surface area contributed by atoms with Crippen molar-refractivity contribution in [3.8, 4) is 0 Å². The minimum atomic E-state index is -2.18. The fourth-order valence-electron chi connectivity index (χ4n) is 5.60. The molecule has 0 bridgehead atoms. The van der Waals surface area contributed by atoms with Gasteiger partial charge in [0.2, 0.25) is 0 Å². The second-order valence-electron chi connectivity index (χ2n) is 10.7. The lowest BCUT2D eigenvalue weighted by Gasteiger charge is -2.42. The van der Waals surface area contributed by atoms with Gasteiger partial charge in [0, 0.05) is 0 Å². The maximum Gasteiger partial charge on any atom is 0.147 e. The summed E-state index contributed by atoms with van der Waals surface area (Å²) in [6.45, 7) is 24.2. The summed E-state index contributed by atoms with van der Waals surface area (Å²) in [4.78, 5) is 0. The number of hydrogen-bond donors (Lipinski definition) is 0. The van der Waals surface area contributed by atoms with Crippen molar-refractivity contribution in [3.63, 3.8) is 0 Å². The van der Waals surface area contributed by atoms with Crippen LogP contribution in [0.1, 0.15) is 47.1 Å². The summed E-state index contributed by atoms with van der Waals surface area (Å²) < 4.78 is 0. The van der Waals surface area contributed by atoms with Crippen molar-refractivity contribution in [1.82, 2.24) is 0 Å². The van der Waals surface area contributed by atoms with Gasteiger partial charge in [-0.25, -0.2) is 0 Å². The molecule has 2 aromatic rings. The first-order valence-electron chi connectivity index (χ1n) is 11.5. The Labute approximate surface area is 187 Å². The van der Waals surface area contributed by atoms with Gasteiger partial charge in [-0.1, -0.05) is 116 Å². The van der Waals surface area contributed by atoms with Crippen molar-refractivity contribution in [2.75, 3.05) is 0 Å². The third kappa shape index (κ3) is 3.63. The molecule has 2 unspecified atom stereocenters. The molecule has 0 amide bonds. The van der Waals surface area contributed by atoms with Gasteiger partial charge in [-0.3, -0.25) is 0 Å². The maximum absolute atomic E-state index is 2.62. The van der Waals surface area contributed by atoms with Crippen LogP contribution in [0.5, 0.6) is 0 Å². The molecule has 0 radical (unpaired) electrons. The first-order valence-corrected chi connectivity index (χ1v) is 17.1. The van der Waals surface area contributed by atoms with E-state index in [2.05, 4.69) is 117 Å². The van der Waals surface area contributed by atoms with E-state index in [1.807, 2.05) is 0 Å². The summed E-state index contributed by atoms with van der Waals surface area (Å²) >= 11 is 0. The van der Waals surface area contributed by atoms with E-state index in [0.29, 0.717) is 11.5 Å². The van der Waals surface area contributed by atoms with Crippen LogP contribution >= 0.6 is 0 Å². The molecule has 2 atom stereocenters. The monoisotopic (exact) mass is 432 g/mol. The predicted octanol–water partition coefficient (Wildman–Crippen LogP) is 6.36. The van der Waals surface area contributed by atoms with E-state index in [-0.39, 0.29) is 0 Å². The molecule has 0 aromatic heterocycles. The summed E-state index contributed by atoms with van der Waals surface area (Å²) in [7, 11) is -3.60. The molecule has 1 aliphatic rings. The highest BCUT2D eigenvalue weighted by Gasteiger charge is 2.48. The highest BCUT2D eigenvalue weighted by Crippen LogP contribution is 2.44. The van der Waals surface area contributed by atoms with Gasteiger partial charge in [-0.05, 0) is 55.1 Å². The van der Waals surface area contributed by atoms with E-state index in [1.165, 1.54) is 11.1 Å². The van der Waals surface area contributed by atoms with Crippen LogP contribution in [0.25, 0.3) is 0 Å². The van der Waals surface area contributed by atoms with E-state index in [1.54, 1.807) is 31.9 Å². The number of rotatable bonds is 5. The summed E-state index contributed by atoms with van der Waals surface area (Å²) in [6.07, 6.45) is 0. The van der Waals surface area contributed by atoms with Gasteiger partial charge < -0.3 is 0 Å². The van der Waals surface area contributed by atoms with Gasteiger partial charge in [0.1, 0.15) is 8.07 Å². The molecule has 0 aliphatic heterocycles. The lowest BCUT2D eigenvalue weighted by Crippen LogP contribution is -2.64. The van der Waals surface area contributed by atoms with Gasteiger partial charge in [0.25, 0.3) is 0 Å². The molecule has 0 nitrogen and oxygen atoms in total. The average molecular weight is 433 g/mol. The average Bonchev–Trinajstić information content (AvgIpc) is 2.86. The van der Waals surface area contributed by atoms with E-state index in [4.69, 9.17) is 0 Å². The van der Waals surface area contributed by atoms with Gasteiger partial charge in [-0.15, -0.1) is 0 Å². The van der Waals surface area contributed by atoms with Crippen molar-refractivity contribution >= 4 is 31.7 Å². The fourth-order valence-corrected chi connectivity index (χ4v) is 13.1. The van der Waals surface area contributed by atoms with Crippen LogP contribution in [-0.4, -0.2) is 16.1 Å². The Bertz CT molecular complexity index is 1000. The molecule has 0 fully saturated rings. The third-order valence-corrected chi connectivity index (χ3v) is 15.4. The highest BCUT2D eigenvalue weighted by atomic mass is 28.3. The molecule has 30 heavy (non-hydrogen) atoms. The van der Waals surface area contributed by atoms with E-state index < -0.39 is 16.1 Å². The molecular formula is C28H40Si2. The second-order valence-corrected chi connectivity index (χ2v) is 20.3. The van der Waals surface area contributed by atoms with Gasteiger partial charge >= 0.3 is 0 Å². The molecule has 3 rings (SSSR count). The van der Waals surface area contributed by atoms with Crippen LogP contribution in [0.4, 0.5) is 0 Å². The highest BCUT2D eigenvalue weighted by molar-refractivity contribution is 7.08. The Kier molecular flexibility index (Phi) is 6.24. The van der Waals surface area contributed by atoms with Crippen LogP contribution in [0, 0.1) is 12.8 Å². The molecule has 160 valence electrons. The van der Waals surface area contributed by atoms with Crippen molar-refractivity contribution < 1.29 is 0 Å². The summed E-state index contributed by atoms with van der Waals surface area (Å²) in [5, 5.41) is 6.52. The lowest BCUT2D eigenvalue weighted by molar-refractivity contribution is 0.840. The molecule has 0 saturated heterocycles. The maximum atomic E-state index is 2.62. The first-order chi connectivity index (χ1) is 13.9. The lowest BCUT2D eigenvalue weighted by atomic mass is 10.1. The Hall–Kier alpha value is -1.65. The van der Waals surface area contributed by atoms with Crippen molar-refractivity contribution in [2.45, 2.75) is 73.6 Å². The SMILES string of the molecule is CC1=C(C)C(C)C([Si](c2ccccc2)(c2cc(C)cc([Si](C)(C)C)c2)C(C)C)=C1C. The molecule has 0 N–H and O–H groups in total. The van der Waals surface area contributed by atoms with Gasteiger partial charge in [0.15, 0.2) is 0 Å². The second kappa shape index (κ2) is 8.13. The Balaban J connectivity index is 2.46. The molecule has 1 aliphatic carbocycles. The molecule has 2 aromatic carbocycles. The Morgan fingerprint density at radius 2 is 1.30 bits per heavy atom. The standard InChI is InChI=1S/C28H40Si2/c1-19(2)30(25-14-12-11-13-15-25,28-23(6)21(4)22(5)24(28)7)27-17-20(3)16-26(18-27)29(8,9)10/h11-19,23H,1-10H3. The molecular weight excluding hydrogens is 392 g/mol. The van der Waals surface area contributed by atoms with E-state index in [0.717, 1.165) is 0 Å². The van der Waals surface area contributed by atoms with Crippen LogP contribution in [0.3, 0.4) is 0 Å². The van der Waals surface area contributed by atoms with Crippen LogP contribution in [0.15, 0.2) is 70.4 Å². The normalized spacial score (nSPS) is 19.6. The van der Waals surface area contributed by atoms with Gasteiger partial charge in [-0.2, -0.15) is 0 Å². The first kappa shape index (κ1) is 23.0. The predicted molar refractivity (Wildman–Crippen MR) is 141 cm³/mol. The van der Waals surface area contributed by atoms with E-state index >= 15 is 0 Å². The van der Waals surface area contributed by atoms with Crippen molar-refractivity contribution in [3.05, 3.63) is 76.0 Å².